The van der Waals surface area contributed by atoms with Crippen molar-refractivity contribution in [2.45, 2.75) is 12.8 Å². The number of ether oxygens (including phenoxy) is 1. The van der Waals surface area contributed by atoms with Crippen LogP contribution < -0.4 is 5.32 Å². The molecule has 1 N–H and O–H groups in total. The zero-order valence-electron chi connectivity index (χ0n) is 11.2. The van der Waals surface area contributed by atoms with E-state index in [4.69, 9.17) is 0 Å². The van der Waals surface area contributed by atoms with Crippen molar-refractivity contribution in [2.75, 3.05) is 20.7 Å². The molecule has 19 heavy (non-hydrogen) atoms. The lowest BCUT2D eigenvalue weighted by molar-refractivity contribution is -0.140. The van der Waals surface area contributed by atoms with Crippen molar-refractivity contribution in [3.05, 3.63) is 35.4 Å². The third kappa shape index (κ3) is 5.36. The average Bonchev–Trinajstić information content (AvgIpc) is 2.45. The Balaban J connectivity index is 2.59. The minimum absolute atomic E-state index is 0.0693. The van der Waals surface area contributed by atoms with E-state index in [2.05, 4.69) is 21.9 Å². The molecule has 0 aliphatic carbocycles. The molecular formula is C15H17NO3. The Labute approximate surface area is 113 Å². The molecule has 0 radical (unpaired) electrons. The van der Waals surface area contributed by atoms with Crippen molar-refractivity contribution in [1.82, 2.24) is 5.32 Å². The van der Waals surface area contributed by atoms with Gasteiger partial charge in [0.15, 0.2) is 5.78 Å². The van der Waals surface area contributed by atoms with E-state index in [1.807, 2.05) is 7.05 Å². The first kappa shape index (κ1) is 14.9. The molecule has 0 fully saturated rings. The standard InChI is InChI=1S/C15H17NO3/c1-16-11-3-4-12-5-7-13(8-6-12)14(17)9-10-15(18)19-2/h5-8,16H,9-11H2,1-2H3. The SMILES string of the molecule is CNCC#Cc1ccc(C(=O)CCC(=O)OC)cc1. The van der Waals surface area contributed by atoms with Gasteiger partial charge in [0.2, 0.25) is 0 Å². The number of nitrogens with one attached hydrogen (secondary N) is 1. The van der Waals surface area contributed by atoms with Crippen LogP contribution in [0.15, 0.2) is 24.3 Å². The van der Waals surface area contributed by atoms with E-state index >= 15 is 0 Å². The first-order valence-electron chi connectivity index (χ1n) is 6.01. The zero-order valence-corrected chi connectivity index (χ0v) is 11.2. The lowest BCUT2D eigenvalue weighted by atomic mass is 10.0. The van der Waals surface area contributed by atoms with Gasteiger partial charge >= 0.3 is 5.97 Å². The van der Waals surface area contributed by atoms with Crippen LogP contribution in [-0.2, 0) is 9.53 Å². The number of rotatable bonds is 5. The predicted molar refractivity (Wildman–Crippen MR) is 72.8 cm³/mol. The highest BCUT2D eigenvalue weighted by Gasteiger charge is 2.08. The molecule has 0 amide bonds. The summed E-state index contributed by atoms with van der Waals surface area (Å²) in [6.07, 6.45) is 0.274. The molecule has 1 rings (SSSR count). The van der Waals surface area contributed by atoms with E-state index < -0.39 is 0 Å². The monoisotopic (exact) mass is 259 g/mol. The van der Waals surface area contributed by atoms with Crippen LogP contribution in [0.4, 0.5) is 0 Å². The van der Waals surface area contributed by atoms with E-state index in [1.165, 1.54) is 7.11 Å². The number of benzene rings is 1. The molecule has 4 heteroatoms. The largest absolute Gasteiger partial charge is 0.469 e. The summed E-state index contributed by atoms with van der Waals surface area (Å²) in [5.74, 6) is 5.47. The molecule has 0 unspecified atom stereocenters. The average molecular weight is 259 g/mol. The Morgan fingerprint density at radius 1 is 1.21 bits per heavy atom. The Kier molecular flexibility index (Phi) is 6.34. The predicted octanol–water partition coefficient (Wildman–Crippen LogP) is 1.39. The van der Waals surface area contributed by atoms with Crippen molar-refractivity contribution >= 4 is 11.8 Å². The first-order chi connectivity index (χ1) is 9.17. The van der Waals surface area contributed by atoms with Gasteiger partial charge in [0.25, 0.3) is 0 Å². The minimum Gasteiger partial charge on any atom is -0.469 e. The lowest BCUT2D eigenvalue weighted by Gasteiger charge is -2.00. The maximum absolute atomic E-state index is 11.8. The Bertz CT molecular complexity index is 494. The van der Waals surface area contributed by atoms with Gasteiger partial charge in [-0.3, -0.25) is 9.59 Å². The molecule has 0 aliphatic heterocycles. The fourth-order valence-electron chi connectivity index (χ4n) is 1.44. The number of hydrogen-bond acceptors (Lipinski definition) is 4. The van der Waals surface area contributed by atoms with Gasteiger partial charge in [-0.05, 0) is 19.2 Å². The van der Waals surface area contributed by atoms with Gasteiger partial charge in [-0.2, -0.15) is 0 Å². The molecule has 4 nitrogen and oxygen atoms in total. The topological polar surface area (TPSA) is 55.4 Å². The molecule has 0 saturated carbocycles. The highest BCUT2D eigenvalue weighted by Crippen LogP contribution is 2.08. The summed E-state index contributed by atoms with van der Waals surface area (Å²) < 4.78 is 4.50. The molecule has 0 heterocycles. The van der Waals surface area contributed by atoms with Gasteiger partial charge in [-0.15, -0.1) is 0 Å². The maximum Gasteiger partial charge on any atom is 0.305 e. The molecule has 0 bridgehead atoms. The third-order valence-corrected chi connectivity index (χ3v) is 2.49. The summed E-state index contributed by atoms with van der Waals surface area (Å²) >= 11 is 0. The molecule has 0 aromatic heterocycles. The van der Waals surface area contributed by atoms with E-state index in [-0.39, 0.29) is 24.6 Å². The number of methoxy groups -OCH3 is 1. The van der Waals surface area contributed by atoms with Crippen LogP contribution in [0.3, 0.4) is 0 Å². The number of carbonyl (C=O) groups is 2. The van der Waals surface area contributed by atoms with E-state index in [9.17, 15) is 9.59 Å². The second kappa shape index (κ2) is 8.06. The fourth-order valence-corrected chi connectivity index (χ4v) is 1.44. The summed E-state index contributed by atoms with van der Waals surface area (Å²) in [6, 6.07) is 7.05. The number of Topliss-reactive ketones (excluding diaryl/α,β-unsaturated/α-hetero) is 1. The van der Waals surface area contributed by atoms with Crippen LogP contribution in [0.1, 0.15) is 28.8 Å². The number of hydrogen-bond donors (Lipinski definition) is 1. The highest BCUT2D eigenvalue weighted by atomic mass is 16.5. The quantitative estimate of drug-likeness (QED) is 0.493. The molecule has 1 aromatic carbocycles. The third-order valence-electron chi connectivity index (χ3n) is 2.49. The number of ketones is 1. The highest BCUT2D eigenvalue weighted by molar-refractivity contribution is 5.97. The molecule has 0 atom stereocenters. The summed E-state index contributed by atoms with van der Waals surface area (Å²) in [5, 5.41) is 2.93. The van der Waals surface area contributed by atoms with Crippen molar-refractivity contribution < 1.29 is 14.3 Å². The van der Waals surface area contributed by atoms with Crippen molar-refractivity contribution in [1.29, 1.82) is 0 Å². The Morgan fingerprint density at radius 3 is 2.47 bits per heavy atom. The van der Waals surface area contributed by atoms with Gasteiger partial charge in [0, 0.05) is 17.5 Å². The summed E-state index contributed by atoms with van der Waals surface area (Å²) in [7, 11) is 3.14. The number of carbonyl (C=O) groups excluding carboxylic acids is 2. The molecule has 0 aliphatic rings. The van der Waals surface area contributed by atoms with Crippen LogP contribution >= 0.6 is 0 Å². The second-order valence-corrected chi connectivity index (χ2v) is 3.91. The van der Waals surface area contributed by atoms with Gasteiger partial charge in [-0.1, -0.05) is 24.0 Å². The second-order valence-electron chi connectivity index (χ2n) is 3.91. The Morgan fingerprint density at radius 2 is 1.89 bits per heavy atom. The molecule has 1 aromatic rings. The summed E-state index contributed by atoms with van der Waals surface area (Å²) in [6.45, 7) is 0.625. The van der Waals surface area contributed by atoms with E-state index in [0.717, 1.165) is 5.56 Å². The van der Waals surface area contributed by atoms with Crippen LogP contribution in [0.5, 0.6) is 0 Å². The van der Waals surface area contributed by atoms with Gasteiger partial charge in [0.05, 0.1) is 20.1 Å². The van der Waals surface area contributed by atoms with Crippen LogP contribution in [0, 0.1) is 11.8 Å². The molecule has 0 spiro atoms. The van der Waals surface area contributed by atoms with Crippen LogP contribution in [0.2, 0.25) is 0 Å². The van der Waals surface area contributed by atoms with Gasteiger partial charge in [0.1, 0.15) is 0 Å². The van der Waals surface area contributed by atoms with Crippen molar-refractivity contribution in [3.63, 3.8) is 0 Å². The van der Waals surface area contributed by atoms with Crippen molar-refractivity contribution in [2.24, 2.45) is 0 Å². The fraction of sp³-hybridized carbons (Fsp3) is 0.333. The van der Waals surface area contributed by atoms with Crippen LogP contribution in [0.25, 0.3) is 0 Å². The van der Waals surface area contributed by atoms with E-state index in [1.54, 1.807) is 24.3 Å². The van der Waals surface area contributed by atoms with Crippen molar-refractivity contribution in [3.8, 4) is 11.8 Å². The lowest BCUT2D eigenvalue weighted by Crippen LogP contribution is -2.06. The molecule has 0 saturated heterocycles. The zero-order chi connectivity index (χ0) is 14.1. The summed E-state index contributed by atoms with van der Waals surface area (Å²) in [5.41, 5.74) is 1.45. The van der Waals surface area contributed by atoms with Crippen LogP contribution in [-0.4, -0.2) is 32.5 Å². The molecular weight excluding hydrogens is 242 g/mol. The molecule has 100 valence electrons. The number of esters is 1. The van der Waals surface area contributed by atoms with Gasteiger partial charge in [-0.25, -0.2) is 0 Å². The maximum atomic E-state index is 11.8. The smallest absolute Gasteiger partial charge is 0.305 e. The normalized spacial score (nSPS) is 9.37. The Hall–Kier alpha value is -2.12. The first-order valence-corrected chi connectivity index (χ1v) is 6.01. The van der Waals surface area contributed by atoms with E-state index in [0.29, 0.717) is 12.1 Å². The minimum atomic E-state index is -0.372. The summed E-state index contributed by atoms with van der Waals surface area (Å²) in [4.78, 5) is 22.7. The van der Waals surface area contributed by atoms with Gasteiger partial charge < -0.3 is 10.1 Å².